The highest BCUT2D eigenvalue weighted by molar-refractivity contribution is 7.99. The van der Waals surface area contributed by atoms with Crippen molar-refractivity contribution in [2.24, 2.45) is 5.92 Å². The number of anilines is 1. The highest BCUT2D eigenvalue weighted by atomic mass is 32.2. The molecule has 0 radical (unpaired) electrons. The van der Waals surface area contributed by atoms with Gasteiger partial charge in [0, 0.05) is 22.7 Å². The van der Waals surface area contributed by atoms with Gasteiger partial charge in [0.25, 0.3) is 0 Å². The third-order valence-corrected chi connectivity index (χ3v) is 7.99. The number of aryl methyl sites for hydroxylation is 1. The number of imidazole rings is 1. The zero-order valence-electron chi connectivity index (χ0n) is 21.3. The first kappa shape index (κ1) is 24.6. The molecule has 1 aliphatic rings. The predicted molar refractivity (Wildman–Crippen MR) is 152 cm³/mol. The molecular weight excluding hydrogens is 462 g/mol. The molecule has 1 saturated carbocycles. The van der Waals surface area contributed by atoms with Gasteiger partial charge >= 0.3 is 0 Å². The van der Waals surface area contributed by atoms with Gasteiger partial charge in [0.1, 0.15) is 5.82 Å². The number of hydrogen-bond acceptors (Lipinski definition) is 3. The Labute approximate surface area is 218 Å². The van der Waals surface area contributed by atoms with Gasteiger partial charge in [-0.25, -0.2) is 4.98 Å². The van der Waals surface area contributed by atoms with E-state index in [4.69, 9.17) is 4.98 Å². The molecule has 186 valence electrons. The van der Waals surface area contributed by atoms with E-state index in [-0.39, 0.29) is 5.91 Å². The van der Waals surface area contributed by atoms with Gasteiger partial charge in [0.05, 0.1) is 17.5 Å². The lowest BCUT2D eigenvalue weighted by molar-refractivity contribution is -0.115. The predicted octanol–water partition coefficient (Wildman–Crippen LogP) is 7.89. The summed E-state index contributed by atoms with van der Waals surface area (Å²) in [5.41, 5.74) is 6.45. The van der Waals surface area contributed by atoms with Gasteiger partial charge in [0.15, 0.2) is 0 Å². The molecule has 0 bridgehead atoms. The first-order chi connectivity index (χ1) is 17.6. The van der Waals surface area contributed by atoms with Gasteiger partial charge in [0.2, 0.25) is 5.91 Å². The summed E-state index contributed by atoms with van der Waals surface area (Å²) >= 11 is 1.81. The van der Waals surface area contributed by atoms with Crippen LogP contribution in [0.2, 0.25) is 0 Å². The van der Waals surface area contributed by atoms with Crippen molar-refractivity contribution in [1.82, 2.24) is 9.55 Å². The monoisotopic (exact) mass is 497 g/mol. The van der Waals surface area contributed by atoms with Crippen molar-refractivity contribution < 1.29 is 4.79 Å². The molecule has 0 spiro atoms. The van der Waals surface area contributed by atoms with Crippen LogP contribution in [-0.4, -0.2) is 21.2 Å². The van der Waals surface area contributed by atoms with Crippen LogP contribution in [0.15, 0.2) is 71.6 Å². The maximum absolute atomic E-state index is 12.6. The zero-order chi connectivity index (χ0) is 24.9. The maximum Gasteiger partial charge on any atom is 0.228 e. The Kier molecular flexibility index (Phi) is 7.76. The van der Waals surface area contributed by atoms with E-state index < -0.39 is 0 Å². The van der Waals surface area contributed by atoms with E-state index in [1.165, 1.54) is 48.1 Å². The van der Waals surface area contributed by atoms with Crippen LogP contribution in [0.1, 0.15) is 50.2 Å². The molecule has 0 saturated heterocycles. The van der Waals surface area contributed by atoms with Crippen molar-refractivity contribution in [3.8, 4) is 11.4 Å². The molecule has 0 aliphatic heterocycles. The quantitative estimate of drug-likeness (QED) is 0.252. The molecule has 3 aromatic carbocycles. The number of hydrogen-bond donors (Lipinski definition) is 1. The van der Waals surface area contributed by atoms with E-state index in [9.17, 15) is 4.79 Å². The van der Waals surface area contributed by atoms with Crippen LogP contribution in [0, 0.1) is 12.8 Å². The van der Waals surface area contributed by atoms with Gasteiger partial charge in [-0.15, -0.1) is 11.8 Å². The molecule has 0 unspecified atom stereocenters. The van der Waals surface area contributed by atoms with Gasteiger partial charge < -0.3 is 9.88 Å². The minimum Gasteiger partial charge on any atom is -0.326 e. The van der Waals surface area contributed by atoms with Crippen LogP contribution in [0.25, 0.3) is 22.4 Å². The molecular formula is C31H35N3OS. The lowest BCUT2D eigenvalue weighted by Gasteiger charge is -2.23. The number of amides is 1. The molecule has 5 heteroatoms. The molecule has 1 heterocycles. The van der Waals surface area contributed by atoms with Crippen molar-refractivity contribution >= 4 is 34.4 Å². The SMILES string of the molecule is CCSc1ccc(CC(=O)Nc2ccc(-c3nc4ccc(C)cc4n3CC3CCCCC3)cc2)cc1. The lowest BCUT2D eigenvalue weighted by Crippen LogP contribution is -2.15. The number of benzene rings is 3. The standard InChI is InChI=1S/C31H35N3OS/c1-3-36-27-16-10-23(11-17-27)20-30(35)32-26-14-12-25(13-15-26)31-33-28-18-9-22(2)19-29(28)34(31)21-24-7-5-4-6-8-24/h9-19,24H,3-8,20-21H2,1-2H3,(H,32,35). The van der Waals surface area contributed by atoms with Crippen LogP contribution >= 0.6 is 11.8 Å². The molecule has 1 aromatic heterocycles. The van der Waals surface area contributed by atoms with Crippen molar-refractivity contribution in [1.29, 1.82) is 0 Å². The number of aromatic nitrogens is 2. The van der Waals surface area contributed by atoms with Gasteiger partial charge in [-0.3, -0.25) is 4.79 Å². The highest BCUT2D eigenvalue weighted by Crippen LogP contribution is 2.31. The molecule has 1 N–H and O–H groups in total. The number of thioether (sulfide) groups is 1. The highest BCUT2D eigenvalue weighted by Gasteiger charge is 2.19. The second kappa shape index (κ2) is 11.3. The van der Waals surface area contributed by atoms with Gasteiger partial charge in [-0.2, -0.15) is 0 Å². The Morgan fingerprint density at radius 1 is 1.00 bits per heavy atom. The van der Waals surface area contributed by atoms with Crippen molar-refractivity contribution in [2.45, 2.75) is 63.8 Å². The van der Waals surface area contributed by atoms with Crippen LogP contribution in [0.4, 0.5) is 5.69 Å². The summed E-state index contributed by atoms with van der Waals surface area (Å²) in [5, 5.41) is 3.05. The van der Waals surface area contributed by atoms with Crippen LogP contribution in [0.3, 0.4) is 0 Å². The summed E-state index contributed by atoms with van der Waals surface area (Å²) in [6, 6.07) is 22.9. The topological polar surface area (TPSA) is 46.9 Å². The van der Waals surface area contributed by atoms with E-state index >= 15 is 0 Å². The molecule has 1 amide bonds. The average molecular weight is 498 g/mol. The molecule has 4 nitrogen and oxygen atoms in total. The summed E-state index contributed by atoms with van der Waals surface area (Å²) < 4.78 is 2.42. The first-order valence-electron chi connectivity index (χ1n) is 13.2. The lowest BCUT2D eigenvalue weighted by atomic mass is 9.89. The Morgan fingerprint density at radius 2 is 1.75 bits per heavy atom. The van der Waals surface area contributed by atoms with E-state index in [0.717, 1.165) is 40.5 Å². The molecule has 1 fully saturated rings. The molecule has 0 atom stereocenters. The van der Waals surface area contributed by atoms with Crippen LogP contribution in [0.5, 0.6) is 0 Å². The Morgan fingerprint density at radius 3 is 2.47 bits per heavy atom. The number of nitrogens with zero attached hydrogens (tertiary/aromatic N) is 2. The smallest absolute Gasteiger partial charge is 0.228 e. The number of carbonyl (C=O) groups is 1. The summed E-state index contributed by atoms with van der Waals surface area (Å²) in [6.45, 7) is 5.31. The number of nitrogens with one attached hydrogen (secondary N) is 1. The second-order valence-corrected chi connectivity index (χ2v) is 11.3. The second-order valence-electron chi connectivity index (χ2n) is 9.92. The number of carbonyl (C=O) groups excluding carboxylic acids is 1. The third-order valence-electron chi connectivity index (χ3n) is 7.10. The maximum atomic E-state index is 12.6. The van der Waals surface area contributed by atoms with Gasteiger partial charge in [-0.1, -0.05) is 44.4 Å². The fourth-order valence-corrected chi connectivity index (χ4v) is 5.89. The number of rotatable bonds is 8. The van der Waals surface area contributed by atoms with E-state index in [0.29, 0.717) is 12.3 Å². The van der Waals surface area contributed by atoms with Crippen LogP contribution in [-0.2, 0) is 17.8 Å². The zero-order valence-corrected chi connectivity index (χ0v) is 22.1. The summed E-state index contributed by atoms with van der Waals surface area (Å²) in [4.78, 5) is 18.9. The molecule has 1 aliphatic carbocycles. The summed E-state index contributed by atoms with van der Waals surface area (Å²) in [5.74, 6) is 2.78. The van der Waals surface area contributed by atoms with Crippen molar-refractivity contribution in [3.63, 3.8) is 0 Å². The van der Waals surface area contributed by atoms with Crippen molar-refractivity contribution in [3.05, 3.63) is 77.9 Å². The van der Waals surface area contributed by atoms with Gasteiger partial charge in [-0.05, 0) is 91.1 Å². The summed E-state index contributed by atoms with van der Waals surface area (Å²) in [6.07, 6.45) is 7.01. The largest absolute Gasteiger partial charge is 0.326 e. The number of fused-ring (bicyclic) bond motifs is 1. The molecule has 5 rings (SSSR count). The Hall–Kier alpha value is -3.05. The Balaban J connectivity index is 1.32. The molecule has 36 heavy (non-hydrogen) atoms. The normalized spacial score (nSPS) is 14.3. The van der Waals surface area contributed by atoms with E-state index in [1.807, 2.05) is 36.0 Å². The van der Waals surface area contributed by atoms with E-state index in [1.54, 1.807) is 0 Å². The fraction of sp³-hybridized carbons (Fsp3) is 0.355. The minimum absolute atomic E-state index is 0.00124. The van der Waals surface area contributed by atoms with E-state index in [2.05, 4.69) is 66.2 Å². The van der Waals surface area contributed by atoms with Crippen molar-refractivity contribution in [2.75, 3.05) is 11.1 Å². The third kappa shape index (κ3) is 5.84. The average Bonchev–Trinajstić information content (AvgIpc) is 3.24. The first-order valence-corrected chi connectivity index (χ1v) is 14.2. The summed E-state index contributed by atoms with van der Waals surface area (Å²) in [7, 11) is 0. The fourth-order valence-electron chi connectivity index (χ4n) is 5.23. The Bertz CT molecular complexity index is 1320. The minimum atomic E-state index is -0.00124. The molecule has 4 aromatic rings. The van der Waals surface area contributed by atoms with Crippen LogP contribution < -0.4 is 5.32 Å².